The van der Waals surface area contributed by atoms with Gasteiger partial charge in [-0.15, -0.1) is 0 Å². The fourth-order valence-electron chi connectivity index (χ4n) is 3.66. The largest absolute Gasteiger partial charge is 0.373 e. The van der Waals surface area contributed by atoms with Crippen LogP contribution in [0.4, 0.5) is 5.69 Å². The number of aromatic amines is 1. The second-order valence-electron chi connectivity index (χ2n) is 7.73. The van der Waals surface area contributed by atoms with Gasteiger partial charge in [-0.3, -0.25) is 9.89 Å². The molecule has 1 aliphatic rings. The lowest BCUT2D eigenvalue weighted by atomic mass is 10.1. The third-order valence-corrected chi connectivity index (χ3v) is 7.47. The smallest absolute Gasteiger partial charge is 0.255 e. The summed E-state index contributed by atoms with van der Waals surface area (Å²) in [5, 5.41) is 9.65. The van der Waals surface area contributed by atoms with Gasteiger partial charge in [0.1, 0.15) is 4.90 Å². The van der Waals surface area contributed by atoms with Gasteiger partial charge in [0.15, 0.2) is 0 Å². The zero-order valence-corrected chi connectivity index (χ0v) is 19.2. The molecule has 168 valence electrons. The number of anilines is 1. The van der Waals surface area contributed by atoms with E-state index in [1.165, 1.54) is 22.5 Å². The molecule has 1 aromatic heterocycles. The summed E-state index contributed by atoms with van der Waals surface area (Å²) in [5.41, 5.74) is 2.56. The summed E-state index contributed by atoms with van der Waals surface area (Å²) in [6, 6.07) is 13.3. The van der Waals surface area contributed by atoms with Crippen LogP contribution in [-0.4, -0.2) is 54.1 Å². The number of nitrogens with one attached hydrogen (secondary N) is 2. The number of carbonyl (C=O) groups is 1. The molecule has 3 aromatic rings. The fraction of sp³-hybridized carbons (Fsp3) is 0.273. The number of rotatable bonds is 5. The zero-order valence-electron chi connectivity index (χ0n) is 17.6. The van der Waals surface area contributed by atoms with Gasteiger partial charge in [-0.05, 0) is 55.8 Å². The normalized spacial score (nSPS) is 19.6. The van der Waals surface area contributed by atoms with Crippen LogP contribution in [-0.2, 0) is 14.8 Å². The van der Waals surface area contributed by atoms with E-state index in [4.69, 9.17) is 16.3 Å². The van der Waals surface area contributed by atoms with Gasteiger partial charge in [-0.1, -0.05) is 23.7 Å². The molecule has 10 heteroatoms. The van der Waals surface area contributed by atoms with E-state index in [0.29, 0.717) is 5.69 Å². The van der Waals surface area contributed by atoms with E-state index in [-0.39, 0.29) is 40.8 Å². The van der Waals surface area contributed by atoms with Crippen molar-refractivity contribution in [2.45, 2.75) is 31.0 Å². The molecule has 0 bridgehead atoms. The molecule has 1 aliphatic heterocycles. The summed E-state index contributed by atoms with van der Waals surface area (Å²) < 4.78 is 33.4. The van der Waals surface area contributed by atoms with E-state index >= 15 is 0 Å². The number of hydrogen-bond acceptors (Lipinski definition) is 5. The van der Waals surface area contributed by atoms with Crippen LogP contribution >= 0.6 is 11.6 Å². The van der Waals surface area contributed by atoms with E-state index in [1.54, 1.807) is 18.3 Å². The Morgan fingerprint density at radius 3 is 2.44 bits per heavy atom. The number of carbonyl (C=O) groups excluding carboxylic acids is 1. The Morgan fingerprint density at radius 1 is 1.12 bits per heavy atom. The highest BCUT2D eigenvalue weighted by Gasteiger charge is 2.33. The lowest BCUT2D eigenvalue weighted by Gasteiger charge is -2.34. The van der Waals surface area contributed by atoms with Crippen LogP contribution in [0, 0.1) is 0 Å². The van der Waals surface area contributed by atoms with Crippen molar-refractivity contribution in [3.63, 3.8) is 0 Å². The number of benzene rings is 2. The van der Waals surface area contributed by atoms with Gasteiger partial charge in [0.2, 0.25) is 10.0 Å². The summed E-state index contributed by atoms with van der Waals surface area (Å²) in [4.78, 5) is 12.7. The van der Waals surface area contributed by atoms with E-state index in [0.717, 1.165) is 11.3 Å². The Balaban J connectivity index is 1.55. The second kappa shape index (κ2) is 9.03. The predicted molar refractivity (Wildman–Crippen MR) is 122 cm³/mol. The maximum atomic E-state index is 13.2. The van der Waals surface area contributed by atoms with Gasteiger partial charge in [-0.2, -0.15) is 9.40 Å². The van der Waals surface area contributed by atoms with Gasteiger partial charge in [-0.25, -0.2) is 8.42 Å². The average molecular weight is 475 g/mol. The van der Waals surface area contributed by atoms with Crippen LogP contribution in [0.1, 0.15) is 24.2 Å². The number of aromatic nitrogens is 2. The third kappa shape index (κ3) is 4.71. The van der Waals surface area contributed by atoms with Gasteiger partial charge < -0.3 is 10.1 Å². The lowest BCUT2D eigenvalue weighted by molar-refractivity contribution is -0.0440. The Kier molecular flexibility index (Phi) is 6.34. The zero-order chi connectivity index (χ0) is 22.9. The van der Waals surface area contributed by atoms with Crippen molar-refractivity contribution < 1.29 is 17.9 Å². The highest BCUT2D eigenvalue weighted by molar-refractivity contribution is 7.89. The van der Waals surface area contributed by atoms with Crippen molar-refractivity contribution in [3.05, 3.63) is 65.3 Å². The van der Waals surface area contributed by atoms with E-state index in [1.807, 2.05) is 32.0 Å². The molecule has 2 unspecified atom stereocenters. The average Bonchev–Trinajstić information content (AvgIpc) is 3.28. The first-order chi connectivity index (χ1) is 15.2. The van der Waals surface area contributed by atoms with Crippen LogP contribution in [0.15, 0.2) is 59.6 Å². The first kappa shape index (κ1) is 22.5. The van der Waals surface area contributed by atoms with Crippen molar-refractivity contribution in [3.8, 4) is 11.3 Å². The SMILES string of the molecule is CC1CN(S(=O)(=O)c2cc(C(=O)Nc3ccc(-c4ccn[nH]4)cc3)ccc2Cl)CC(C)O1. The second-order valence-corrected chi connectivity index (χ2v) is 10.0. The summed E-state index contributed by atoms with van der Waals surface area (Å²) in [7, 11) is -3.89. The molecular weight excluding hydrogens is 452 g/mol. The Morgan fingerprint density at radius 2 is 1.81 bits per heavy atom. The molecular formula is C22H23ClN4O4S. The number of H-pyrrole nitrogens is 1. The number of ether oxygens (including phenoxy) is 1. The molecule has 0 spiro atoms. The molecule has 2 N–H and O–H groups in total. The number of nitrogens with zero attached hydrogens (tertiary/aromatic N) is 2. The predicted octanol–water partition coefficient (Wildman–Crippen LogP) is 3.78. The van der Waals surface area contributed by atoms with Crippen LogP contribution in [0.5, 0.6) is 0 Å². The van der Waals surface area contributed by atoms with Crippen molar-refractivity contribution >= 4 is 33.2 Å². The maximum absolute atomic E-state index is 13.2. The van der Waals surface area contributed by atoms with E-state index in [2.05, 4.69) is 15.5 Å². The third-order valence-electron chi connectivity index (χ3n) is 5.15. The molecule has 1 amide bonds. The Bertz CT molecular complexity index is 1200. The van der Waals surface area contributed by atoms with Crippen molar-refractivity contribution in [2.24, 2.45) is 0 Å². The minimum atomic E-state index is -3.89. The molecule has 32 heavy (non-hydrogen) atoms. The molecule has 2 heterocycles. The first-order valence-electron chi connectivity index (χ1n) is 10.1. The number of hydrogen-bond donors (Lipinski definition) is 2. The minimum absolute atomic E-state index is 0.0669. The van der Waals surface area contributed by atoms with Gasteiger partial charge in [0.05, 0.1) is 22.9 Å². The maximum Gasteiger partial charge on any atom is 0.255 e. The minimum Gasteiger partial charge on any atom is -0.373 e. The van der Waals surface area contributed by atoms with Gasteiger partial charge in [0.25, 0.3) is 5.91 Å². The molecule has 1 fully saturated rings. The van der Waals surface area contributed by atoms with Crippen molar-refractivity contribution in [2.75, 3.05) is 18.4 Å². The van der Waals surface area contributed by atoms with Crippen LogP contribution in [0.3, 0.4) is 0 Å². The Labute approximate surface area is 191 Å². The molecule has 0 aliphatic carbocycles. The lowest BCUT2D eigenvalue weighted by Crippen LogP contribution is -2.48. The van der Waals surface area contributed by atoms with Crippen LogP contribution in [0.2, 0.25) is 5.02 Å². The number of sulfonamides is 1. The number of amides is 1. The molecule has 8 nitrogen and oxygen atoms in total. The summed E-state index contributed by atoms with van der Waals surface area (Å²) in [6.07, 6.45) is 1.20. The van der Waals surface area contributed by atoms with Crippen LogP contribution < -0.4 is 5.32 Å². The molecule has 0 radical (unpaired) electrons. The molecule has 1 saturated heterocycles. The highest BCUT2D eigenvalue weighted by Crippen LogP contribution is 2.28. The van der Waals surface area contributed by atoms with Crippen LogP contribution in [0.25, 0.3) is 11.3 Å². The molecule has 4 rings (SSSR count). The highest BCUT2D eigenvalue weighted by atomic mass is 35.5. The van der Waals surface area contributed by atoms with Crippen molar-refractivity contribution in [1.82, 2.24) is 14.5 Å². The van der Waals surface area contributed by atoms with Gasteiger partial charge in [0, 0.05) is 30.5 Å². The monoisotopic (exact) mass is 474 g/mol. The Hall–Kier alpha value is -2.72. The molecule has 2 aromatic carbocycles. The first-order valence-corrected chi connectivity index (χ1v) is 11.9. The molecule has 2 atom stereocenters. The quantitative estimate of drug-likeness (QED) is 0.585. The standard InChI is InChI=1S/C22H23ClN4O4S/c1-14-12-27(13-15(2)31-14)32(29,30)21-11-17(5-8-19(21)23)22(28)25-18-6-3-16(4-7-18)20-9-10-24-26-20/h3-11,14-15H,12-13H2,1-2H3,(H,24,26)(H,25,28). The summed E-state index contributed by atoms with van der Waals surface area (Å²) in [6.45, 7) is 4.09. The number of morpholine rings is 1. The fourth-order valence-corrected chi connectivity index (χ4v) is 5.75. The summed E-state index contributed by atoms with van der Waals surface area (Å²) in [5.74, 6) is -0.434. The van der Waals surface area contributed by atoms with Crippen molar-refractivity contribution in [1.29, 1.82) is 0 Å². The molecule has 0 saturated carbocycles. The van der Waals surface area contributed by atoms with E-state index in [9.17, 15) is 13.2 Å². The topological polar surface area (TPSA) is 104 Å². The summed E-state index contributed by atoms with van der Waals surface area (Å²) >= 11 is 6.23. The van der Waals surface area contributed by atoms with Gasteiger partial charge >= 0.3 is 0 Å². The van der Waals surface area contributed by atoms with E-state index < -0.39 is 15.9 Å². The number of halogens is 1.